The van der Waals surface area contributed by atoms with Crippen molar-refractivity contribution in [2.24, 2.45) is 4.99 Å². The average Bonchev–Trinajstić information content (AvgIpc) is 3.40. The highest BCUT2D eigenvalue weighted by atomic mass is 16.3. The lowest BCUT2D eigenvalue weighted by Crippen LogP contribution is -2.29. The molecule has 206 valence electrons. The zero-order valence-electron chi connectivity index (χ0n) is 23.5. The first kappa shape index (κ1) is 28.1. The summed E-state index contributed by atoms with van der Waals surface area (Å²) in [6.07, 6.45) is 8.94. The summed E-state index contributed by atoms with van der Waals surface area (Å²) >= 11 is 0. The van der Waals surface area contributed by atoms with Crippen LogP contribution in [0.25, 0.3) is 5.57 Å². The predicted molar refractivity (Wildman–Crippen MR) is 156 cm³/mol. The number of aliphatic hydroxyl groups is 1. The van der Waals surface area contributed by atoms with E-state index in [-0.39, 0.29) is 34.5 Å². The molecule has 8 heteroatoms. The van der Waals surface area contributed by atoms with Gasteiger partial charge in [0.2, 0.25) is 17.6 Å². The van der Waals surface area contributed by atoms with E-state index in [2.05, 4.69) is 27.4 Å². The lowest BCUT2D eigenvalue weighted by molar-refractivity contribution is -0.118. The van der Waals surface area contributed by atoms with Crippen molar-refractivity contribution < 1.29 is 19.5 Å². The third kappa shape index (κ3) is 5.90. The Balaban J connectivity index is 1.78. The van der Waals surface area contributed by atoms with E-state index in [4.69, 9.17) is 0 Å². The van der Waals surface area contributed by atoms with Crippen LogP contribution in [0.4, 0.5) is 11.4 Å². The summed E-state index contributed by atoms with van der Waals surface area (Å²) in [5.41, 5.74) is 5.73. The third-order valence-corrected chi connectivity index (χ3v) is 7.25. The molecule has 0 spiro atoms. The number of allylic oxidation sites excluding steroid dienone is 5. The van der Waals surface area contributed by atoms with Gasteiger partial charge in [0.25, 0.3) is 0 Å². The SMILES string of the molecule is CCCCCN=C1C=C(NC(C)=O)/C(=C2/C(=O)C(c3cc(C)c(N4CCCC4)cc3NC(C)=O)=C2O)C=C1C. The van der Waals surface area contributed by atoms with Crippen molar-refractivity contribution in [2.45, 2.75) is 66.7 Å². The number of hydrogen-bond donors (Lipinski definition) is 3. The number of nitrogens with one attached hydrogen (secondary N) is 2. The van der Waals surface area contributed by atoms with Crippen LogP contribution in [0.1, 0.15) is 70.9 Å². The number of carbonyl (C=O) groups excluding carboxylic acids is 3. The average molecular weight is 531 g/mol. The molecule has 39 heavy (non-hydrogen) atoms. The van der Waals surface area contributed by atoms with Gasteiger partial charge in [-0.2, -0.15) is 0 Å². The van der Waals surface area contributed by atoms with Gasteiger partial charge in [0.1, 0.15) is 5.76 Å². The lowest BCUT2D eigenvalue weighted by Gasteiger charge is -2.29. The normalized spacial score (nSPS) is 20.2. The van der Waals surface area contributed by atoms with Gasteiger partial charge in [0.05, 0.1) is 28.2 Å². The quantitative estimate of drug-likeness (QED) is 0.311. The molecule has 1 aliphatic heterocycles. The molecule has 2 amide bonds. The molecule has 0 radical (unpaired) electrons. The Kier molecular flexibility index (Phi) is 8.53. The Morgan fingerprint density at radius 1 is 1.00 bits per heavy atom. The lowest BCUT2D eigenvalue weighted by atomic mass is 9.77. The number of anilines is 2. The zero-order chi connectivity index (χ0) is 28.3. The van der Waals surface area contributed by atoms with Crippen molar-refractivity contribution in [3.05, 3.63) is 63.6 Å². The fourth-order valence-electron chi connectivity index (χ4n) is 5.33. The van der Waals surface area contributed by atoms with Crippen LogP contribution in [0, 0.1) is 6.92 Å². The minimum atomic E-state index is -0.342. The van der Waals surface area contributed by atoms with Crippen molar-refractivity contribution >= 4 is 40.3 Å². The molecule has 1 saturated heterocycles. The van der Waals surface area contributed by atoms with E-state index >= 15 is 0 Å². The van der Waals surface area contributed by atoms with E-state index in [1.807, 2.05) is 26.0 Å². The molecule has 8 nitrogen and oxygen atoms in total. The minimum Gasteiger partial charge on any atom is -0.506 e. The van der Waals surface area contributed by atoms with Gasteiger partial charge in [-0.1, -0.05) is 19.8 Å². The first-order valence-corrected chi connectivity index (χ1v) is 13.7. The number of benzene rings is 1. The zero-order valence-corrected chi connectivity index (χ0v) is 23.5. The number of carbonyl (C=O) groups is 3. The van der Waals surface area contributed by atoms with E-state index in [0.29, 0.717) is 29.1 Å². The number of amides is 2. The summed E-state index contributed by atoms with van der Waals surface area (Å²) in [4.78, 5) is 44.6. The van der Waals surface area contributed by atoms with Gasteiger partial charge in [0, 0.05) is 50.3 Å². The summed E-state index contributed by atoms with van der Waals surface area (Å²) < 4.78 is 0. The van der Waals surface area contributed by atoms with Gasteiger partial charge < -0.3 is 20.6 Å². The fourth-order valence-corrected chi connectivity index (χ4v) is 5.33. The number of Topliss-reactive ketones (excluding diaryl/α,β-unsaturated/α-hetero) is 1. The first-order valence-electron chi connectivity index (χ1n) is 13.7. The largest absolute Gasteiger partial charge is 0.506 e. The summed E-state index contributed by atoms with van der Waals surface area (Å²) in [6.45, 7) is 11.4. The van der Waals surface area contributed by atoms with Crippen molar-refractivity contribution in [1.82, 2.24) is 5.32 Å². The summed E-state index contributed by atoms with van der Waals surface area (Å²) in [6, 6.07) is 3.75. The molecule has 0 atom stereocenters. The number of nitrogens with zero attached hydrogens (tertiary/aromatic N) is 2. The molecule has 0 aromatic heterocycles. The van der Waals surface area contributed by atoms with Crippen LogP contribution >= 0.6 is 0 Å². The van der Waals surface area contributed by atoms with Crippen molar-refractivity contribution in [1.29, 1.82) is 0 Å². The Labute approximate surface area is 230 Å². The van der Waals surface area contributed by atoms with Crippen LogP contribution in [0.15, 0.2) is 57.5 Å². The molecular weight excluding hydrogens is 492 g/mol. The van der Waals surface area contributed by atoms with Crippen LogP contribution in [0.3, 0.4) is 0 Å². The topological polar surface area (TPSA) is 111 Å². The summed E-state index contributed by atoms with van der Waals surface area (Å²) in [5.74, 6) is -1.04. The molecule has 4 rings (SSSR count). The maximum atomic E-state index is 13.6. The Morgan fingerprint density at radius 2 is 1.69 bits per heavy atom. The minimum absolute atomic E-state index is 0.143. The van der Waals surface area contributed by atoms with Gasteiger partial charge in [0.15, 0.2) is 0 Å². The van der Waals surface area contributed by atoms with Crippen molar-refractivity contribution in [2.75, 3.05) is 29.9 Å². The van der Waals surface area contributed by atoms with E-state index < -0.39 is 0 Å². The molecule has 1 heterocycles. The van der Waals surface area contributed by atoms with Crippen LogP contribution in [0.5, 0.6) is 0 Å². The second-order valence-electron chi connectivity index (χ2n) is 10.4. The predicted octanol–water partition coefficient (Wildman–Crippen LogP) is 5.31. The highest BCUT2D eigenvalue weighted by Crippen LogP contribution is 2.44. The second kappa shape index (κ2) is 11.8. The van der Waals surface area contributed by atoms with Crippen molar-refractivity contribution in [3.8, 4) is 0 Å². The van der Waals surface area contributed by atoms with E-state index in [1.54, 1.807) is 12.2 Å². The van der Waals surface area contributed by atoms with E-state index in [1.165, 1.54) is 13.8 Å². The molecule has 0 saturated carbocycles. The van der Waals surface area contributed by atoms with E-state index in [9.17, 15) is 19.5 Å². The summed E-state index contributed by atoms with van der Waals surface area (Å²) in [5, 5.41) is 16.9. The maximum absolute atomic E-state index is 13.6. The van der Waals surface area contributed by atoms with Crippen LogP contribution in [-0.2, 0) is 14.4 Å². The highest BCUT2D eigenvalue weighted by Gasteiger charge is 2.40. The molecule has 3 N–H and O–H groups in total. The molecule has 0 bridgehead atoms. The maximum Gasteiger partial charge on any atom is 0.221 e. The molecule has 1 aromatic carbocycles. The molecule has 0 unspecified atom stereocenters. The van der Waals surface area contributed by atoms with E-state index in [0.717, 1.165) is 67.7 Å². The van der Waals surface area contributed by atoms with Crippen LogP contribution in [-0.4, -0.2) is 48.1 Å². The number of hydrogen-bond acceptors (Lipinski definition) is 6. The van der Waals surface area contributed by atoms with Crippen LogP contribution in [0.2, 0.25) is 0 Å². The number of aryl methyl sites for hydroxylation is 1. The van der Waals surface area contributed by atoms with Gasteiger partial charge >= 0.3 is 0 Å². The highest BCUT2D eigenvalue weighted by molar-refractivity contribution is 6.40. The van der Waals surface area contributed by atoms with Gasteiger partial charge in [-0.25, -0.2) is 0 Å². The number of unbranched alkanes of at least 4 members (excludes halogenated alkanes) is 2. The van der Waals surface area contributed by atoms with Crippen molar-refractivity contribution in [3.63, 3.8) is 0 Å². The molecule has 1 aromatic rings. The standard InChI is InChI=1S/C31H38N4O4/c1-6-7-8-11-32-24-16-25(33-20(4)36)22(14-18(24)2)28-30(38)29(31(28)39)23-15-19(3)27(35-12-9-10-13-35)17-26(23)34-21(5)37/h14-17,38H,6-13H2,1-5H3,(H,33,36)(H,34,37)/b28-22+,32-24?. The first-order chi connectivity index (χ1) is 18.6. The number of rotatable bonds is 8. The number of ketones is 1. The molecule has 2 aliphatic carbocycles. The molecular formula is C31H38N4O4. The van der Waals surface area contributed by atoms with Crippen LogP contribution < -0.4 is 15.5 Å². The Hall–Kier alpha value is -3.94. The summed E-state index contributed by atoms with van der Waals surface area (Å²) in [7, 11) is 0. The van der Waals surface area contributed by atoms with Gasteiger partial charge in [-0.15, -0.1) is 0 Å². The van der Waals surface area contributed by atoms with Gasteiger partial charge in [-0.05, 0) is 68.5 Å². The number of aliphatic hydroxyl groups excluding tert-OH is 1. The monoisotopic (exact) mass is 530 g/mol. The number of aliphatic imine (C=N–C) groups is 1. The second-order valence-corrected chi connectivity index (χ2v) is 10.4. The Morgan fingerprint density at radius 3 is 2.31 bits per heavy atom. The third-order valence-electron chi connectivity index (χ3n) is 7.25. The Bertz CT molecular complexity index is 1370. The fraction of sp³-hybridized carbons (Fsp3) is 0.419. The smallest absolute Gasteiger partial charge is 0.221 e. The van der Waals surface area contributed by atoms with Gasteiger partial charge in [-0.3, -0.25) is 19.4 Å². The molecule has 1 fully saturated rings. The molecule has 3 aliphatic rings.